The Morgan fingerprint density at radius 2 is 1.40 bits per heavy atom. The lowest BCUT2D eigenvalue weighted by Crippen LogP contribution is -2.57. The summed E-state index contributed by atoms with van der Waals surface area (Å²) >= 11 is 0. The van der Waals surface area contributed by atoms with E-state index in [1.807, 2.05) is 0 Å². The van der Waals surface area contributed by atoms with E-state index in [4.69, 9.17) is 28.7 Å². The van der Waals surface area contributed by atoms with Gasteiger partial charge in [-0.2, -0.15) is 0 Å². The monoisotopic (exact) mass is 567 g/mol. The van der Waals surface area contributed by atoms with Crippen LogP contribution in [0, 0.1) is 0 Å². The number of H-pyrrole nitrogens is 1. The summed E-state index contributed by atoms with van der Waals surface area (Å²) in [6, 6.07) is -4.21. The predicted molar refractivity (Wildman–Crippen MR) is 149 cm³/mol. The maximum Gasteiger partial charge on any atom is 0.326 e. The second-order valence-electron chi connectivity index (χ2n) is 9.43. The molecular weight excluding hydrogens is 522 g/mol. The molecule has 0 fully saturated rings. The number of aromatic nitrogens is 2. The second kappa shape index (κ2) is 19.3. The number of nitrogens with zero attached hydrogens (tertiary/aromatic N) is 2. The van der Waals surface area contributed by atoms with Crippen LogP contribution in [0.3, 0.4) is 0 Å². The highest BCUT2D eigenvalue weighted by atomic mass is 16.4. The average Bonchev–Trinajstić information content (AvgIpc) is 3.42. The Hall–Kier alpha value is -3.76. The van der Waals surface area contributed by atoms with Crippen LogP contribution in [-0.4, -0.2) is 88.5 Å². The first-order chi connectivity index (χ1) is 19.1. The van der Waals surface area contributed by atoms with Crippen LogP contribution in [-0.2, 0) is 25.6 Å². The molecule has 0 saturated carbocycles. The molecule has 40 heavy (non-hydrogen) atoms. The topological polar surface area (TPSA) is 296 Å². The molecule has 4 atom stereocenters. The fraction of sp³-hybridized carbons (Fsp3) is 0.667. The average molecular weight is 568 g/mol. The molecule has 0 aliphatic carbocycles. The van der Waals surface area contributed by atoms with Crippen molar-refractivity contribution < 1.29 is 24.3 Å². The molecule has 16 heteroatoms. The molecule has 0 spiro atoms. The number of unbranched alkanes of at least 4 members (excludes halogenated alkanes) is 2. The number of aromatic amines is 1. The molecule has 0 radical (unpaired) electrons. The Morgan fingerprint density at radius 1 is 0.850 bits per heavy atom. The van der Waals surface area contributed by atoms with Crippen molar-refractivity contribution in [3.05, 3.63) is 18.2 Å². The van der Waals surface area contributed by atoms with Crippen molar-refractivity contribution in [2.75, 3.05) is 19.6 Å². The molecule has 0 aromatic carbocycles. The lowest BCUT2D eigenvalue weighted by atomic mass is 10.0. The van der Waals surface area contributed by atoms with Crippen molar-refractivity contribution in [3.8, 4) is 0 Å². The first kappa shape index (κ1) is 34.3. The van der Waals surface area contributed by atoms with Gasteiger partial charge in [0, 0.05) is 24.9 Å². The summed E-state index contributed by atoms with van der Waals surface area (Å²) in [5.74, 6) is -3.20. The summed E-state index contributed by atoms with van der Waals surface area (Å²) in [6.07, 6.45) is 6.44. The minimum atomic E-state index is -1.28. The minimum Gasteiger partial charge on any atom is -0.480 e. The molecule has 1 heterocycles. The van der Waals surface area contributed by atoms with E-state index in [2.05, 4.69) is 30.9 Å². The molecule has 0 saturated heterocycles. The molecule has 4 unspecified atom stereocenters. The summed E-state index contributed by atoms with van der Waals surface area (Å²) in [4.78, 5) is 61.5. The molecule has 3 amide bonds. The van der Waals surface area contributed by atoms with E-state index < -0.39 is 47.9 Å². The van der Waals surface area contributed by atoms with E-state index in [9.17, 15) is 24.3 Å². The summed E-state index contributed by atoms with van der Waals surface area (Å²) in [7, 11) is 0. The van der Waals surface area contributed by atoms with Crippen LogP contribution in [0.25, 0.3) is 0 Å². The van der Waals surface area contributed by atoms with Crippen LogP contribution in [0.5, 0.6) is 0 Å². The van der Waals surface area contributed by atoms with Gasteiger partial charge in [-0.3, -0.25) is 19.4 Å². The van der Waals surface area contributed by atoms with Gasteiger partial charge < -0.3 is 54.7 Å². The molecular formula is C24H45N11O5. The van der Waals surface area contributed by atoms with Crippen LogP contribution in [0.4, 0.5) is 0 Å². The molecule has 0 aliphatic rings. The van der Waals surface area contributed by atoms with Gasteiger partial charge in [0.25, 0.3) is 0 Å². The van der Waals surface area contributed by atoms with Crippen molar-refractivity contribution in [2.45, 2.75) is 82.0 Å². The van der Waals surface area contributed by atoms with Crippen molar-refractivity contribution in [3.63, 3.8) is 0 Å². The number of carboxylic acid groups (broad SMARTS) is 1. The number of nitrogens with one attached hydrogen (secondary N) is 4. The quantitative estimate of drug-likeness (QED) is 0.0409. The largest absolute Gasteiger partial charge is 0.480 e. The molecule has 16 nitrogen and oxygen atoms in total. The maximum absolute atomic E-state index is 13.3. The zero-order valence-electron chi connectivity index (χ0n) is 22.8. The van der Waals surface area contributed by atoms with Crippen molar-refractivity contribution in [1.29, 1.82) is 0 Å². The molecule has 15 N–H and O–H groups in total. The highest BCUT2D eigenvalue weighted by Crippen LogP contribution is 2.07. The molecule has 1 rings (SSSR count). The van der Waals surface area contributed by atoms with Crippen molar-refractivity contribution in [2.24, 2.45) is 33.7 Å². The Bertz CT molecular complexity index is 938. The molecule has 0 aliphatic heterocycles. The number of rotatable bonds is 21. The number of carboxylic acids is 1. The summed E-state index contributed by atoms with van der Waals surface area (Å²) in [5.41, 5.74) is 28.3. The number of carbonyl (C=O) groups is 4. The zero-order valence-corrected chi connectivity index (χ0v) is 22.8. The number of hydrogen-bond donors (Lipinski definition) is 10. The van der Waals surface area contributed by atoms with E-state index >= 15 is 0 Å². The first-order valence-corrected chi connectivity index (χ1v) is 13.4. The number of aliphatic imine (C=N–C) groups is 1. The van der Waals surface area contributed by atoms with Gasteiger partial charge in [0.2, 0.25) is 17.7 Å². The maximum atomic E-state index is 13.3. The van der Waals surface area contributed by atoms with E-state index in [1.54, 1.807) is 0 Å². The number of guanidine groups is 1. The Morgan fingerprint density at radius 3 is 1.93 bits per heavy atom. The molecule has 1 aromatic heterocycles. The van der Waals surface area contributed by atoms with Gasteiger partial charge in [-0.05, 0) is 58.0 Å². The van der Waals surface area contributed by atoms with Gasteiger partial charge in [-0.1, -0.05) is 6.42 Å². The summed E-state index contributed by atoms with van der Waals surface area (Å²) < 4.78 is 0. The Labute approximate surface area is 233 Å². The van der Waals surface area contributed by atoms with E-state index in [-0.39, 0.29) is 31.8 Å². The van der Waals surface area contributed by atoms with Crippen LogP contribution in [0.2, 0.25) is 0 Å². The van der Waals surface area contributed by atoms with Gasteiger partial charge in [0.15, 0.2) is 5.96 Å². The summed E-state index contributed by atoms with van der Waals surface area (Å²) in [5, 5.41) is 17.4. The lowest BCUT2D eigenvalue weighted by molar-refractivity contribution is -0.142. The van der Waals surface area contributed by atoms with E-state index in [1.165, 1.54) is 12.5 Å². The lowest BCUT2D eigenvalue weighted by Gasteiger charge is -2.25. The van der Waals surface area contributed by atoms with Gasteiger partial charge >= 0.3 is 5.97 Å². The van der Waals surface area contributed by atoms with Gasteiger partial charge in [0.1, 0.15) is 18.1 Å². The smallest absolute Gasteiger partial charge is 0.326 e. The molecule has 1 aromatic rings. The fourth-order valence-electron chi connectivity index (χ4n) is 3.81. The fourth-order valence-corrected chi connectivity index (χ4v) is 3.81. The number of hydrogen-bond acceptors (Lipinski definition) is 9. The predicted octanol–water partition coefficient (Wildman–Crippen LogP) is -2.87. The number of amides is 3. The van der Waals surface area contributed by atoms with Gasteiger partial charge in [-0.25, -0.2) is 9.78 Å². The van der Waals surface area contributed by atoms with Gasteiger partial charge in [-0.15, -0.1) is 0 Å². The third-order valence-corrected chi connectivity index (χ3v) is 6.06. The third-order valence-electron chi connectivity index (χ3n) is 6.06. The van der Waals surface area contributed by atoms with Crippen LogP contribution in [0.1, 0.15) is 57.1 Å². The Kier molecular flexibility index (Phi) is 16.6. The highest BCUT2D eigenvalue weighted by molar-refractivity contribution is 5.94. The van der Waals surface area contributed by atoms with Crippen LogP contribution < -0.4 is 44.6 Å². The molecule has 0 bridgehead atoms. The van der Waals surface area contributed by atoms with Crippen LogP contribution >= 0.6 is 0 Å². The van der Waals surface area contributed by atoms with Crippen molar-refractivity contribution >= 4 is 29.7 Å². The molecule has 226 valence electrons. The van der Waals surface area contributed by atoms with Crippen molar-refractivity contribution in [1.82, 2.24) is 25.9 Å². The zero-order chi connectivity index (χ0) is 29.9. The Balaban J connectivity index is 3.01. The SMILES string of the molecule is NCCCCC(N)C(=O)NC(CCCCN)C(=O)NC(CCCN=C(N)N)C(=O)NC(Cc1cnc[nH]1)C(=O)O. The van der Waals surface area contributed by atoms with Gasteiger partial charge in [0.05, 0.1) is 12.4 Å². The first-order valence-electron chi connectivity index (χ1n) is 13.4. The standard InChI is InChI=1S/C24H45N11O5/c25-9-3-1-6-16(27)20(36)33-17(7-2-4-10-26)21(37)34-18(8-5-11-31-24(28)29)22(38)35-19(23(39)40)12-15-13-30-14-32-15/h13-14,16-19H,1-12,25-27H2,(H,30,32)(H,33,36)(H,34,37)(H,35,38)(H,39,40)(H4,28,29,31). The van der Waals surface area contributed by atoms with E-state index in [0.717, 1.165) is 6.42 Å². The minimum absolute atomic E-state index is 0.0461. The third kappa shape index (κ3) is 13.9. The van der Waals surface area contributed by atoms with E-state index in [0.29, 0.717) is 50.9 Å². The summed E-state index contributed by atoms with van der Waals surface area (Å²) in [6.45, 7) is 1.08. The second-order valence-corrected chi connectivity index (χ2v) is 9.43. The highest BCUT2D eigenvalue weighted by Gasteiger charge is 2.30. The normalized spacial score (nSPS) is 13.9. The van der Waals surface area contributed by atoms with Crippen LogP contribution in [0.15, 0.2) is 17.5 Å². The number of imidazole rings is 1. The number of aliphatic carboxylic acids is 1. The number of carbonyl (C=O) groups excluding carboxylic acids is 3. The number of nitrogens with two attached hydrogens (primary N) is 5.